The number of fused-ring (bicyclic) bond motifs is 1. The molecular weight excluding hydrogens is 470 g/mol. The minimum Gasteiger partial charge on any atom is -0.325 e. The number of halogens is 1. The third-order valence-corrected chi connectivity index (χ3v) is 8.21. The topological polar surface area (TPSA) is 78.9 Å². The molecule has 3 N–H and O–H groups in total. The number of rotatable bonds is 6. The van der Waals surface area contributed by atoms with Crippen molar-refractivity contribution in [2.45, 2.75) is 64.7 Å². The van der Waals surface area contributed by atoms with Crippen molar-refractivity contribution in [3.8, 4) is 0 Å². The first-order chi connectivity index (χ1) is 17.3. The first-order valence-electron chi connectivity index (χ1n) is 12.8. The van der Waals surface area contributed by atoms with Crippen LogP contribution in [0.15, 0.2) is 36.5 Å². The largest absolute Gasteiger partial charge is 0.325 e. The number of hydrogen-bond acceptors (Lipinski definition) is 5. The molecule has 1 amide bonds. The summed E-state index contributed by atoms with van der Waals surface area (Å²) in [6, 6.07) is 10.4. The molecule has 7 heteroatoms. The van der Waals surface area contributed by atoms with Gasteiger partial charge < -0.3 is 16.0 Å². The van der Waals surface area contributed by atoms with E-state index in [-0.39, 0.29) is 5.91 Å². The van der Waals surface area contributed by atoms with Gasteiger partial charge >= 0.3 is 0 Å². The summed E-state index contributed by atoms with van der Waals surface area (Å²) in [5.74, 6) is 1.20. The number of benzene rings is 2. The molecule has 5 rings (SSSR count). The Morgan fingerprint density at radius 2 is 1.86 bits per heavy atom. The lowest BCUT2D eigenvalue weighted by Crippen LogP contribution is -2.27. The fourth-order valence-electron chi connectivity index (χ4n) is 5.61. The monoisotopic (exact) mass is 503 g/mol. The van der Waals surface area contributed by atoms with Crippen LogP contribution < -0.4 is 16.0 Å². The quantitative estimate of drug-likeness (QED) is 0.386. The second-order valence-electron chi connectivity index (χ2n) is 10.5. The van der Waals surface area contributed by atoms with Gasteiger partial charge in [-0.3, -0.25) is 4.79 Å². The van der Waals surface area contributed by atoms with Crippen molar-refractivity contribution < 1.29 is 4.79 Å². The first kappa shape index (κ1) is 24.7. The number of nitrogens with one attached hydrogen (secondary N) is 3. The SMILES string of the molecule is Cc1c(Nc2ncc(Cl)c(CCc3cccc4c3C(C)(C)C(=O)N4)n2)ccc(C2CCNCC2)c1C. The highest BCUT2D eigenvalue weighted by Gasteiger charge is 2.39. The molecule has 3 heterocycles. The summed E-state index contributed by atoms with van der Waals surface area (Å²) in [7, 11) is 0. The zero-order chi connectivity index (χ0) is 25.4. The van der Waals surface area contributed by atoms with Crippen LogP contribution in [0, 0.1) is 13.8 Å². The van der Waals surface area contributed by atoms with Crippen LogP contribution in [0.25, 0.3) is 0 Å². The molecule has 2 aliphatic rings. The number of hydrogen-bond donors (Lipinski definition) is 3. The summed E-state index contributed by atoms with van der Waals surface area (Å²) >= 11 is 6.50. The van der Waals surface area contributed by atoms with E-state index in [9.17, 15) is 4.79 Å². The van der Waals surface area contributed by atoms with Gasteiger partial charge in [-0.05, 0) is 112 Å². The zero-order valence-electron chi connectivity index (χ0n) is 21.5. The number of carbonyl (C=O) groups is 1. The molecule has 0 spiro atoms. The van der Waals surface area contributed by atoms with Gasteiger partial charge in [-0.2, -0.15) is 0 Å². The van der Waals surface area contributed by atoms with Crippen LogP contribution in [0.5, 0.6) is 0 Å². The van der Waals surface area contributed by atoms with Gasteiger partial charge in [0, 0.05) is 11.4 Å². The number of amides is 1. The molecule has 3 aromatic rings. The van der Waals surface area contributed by atoms with Crippen molar-refractivity contribution in [3.05, 3.63) is 75.1 Å². The van der Waals surface area contributed by atoms with Gasteiger partial charge in [-0.25, -0.2) is 9.97 Å². The van der Waals surface area contributed by atoms with Crippen molar-refractivity contribution in [2.75, 3.05) is 23.7 Å². The van der Waals surface area contributed by atoms with Crippen LogP contribution in [0.3, 0.4) is 0 Å². The molecular formula is C29H34ClN5O. The minimum atomic E-state index is -0.552. The van der Waals surface area contributed by atoms with Gasteiger partial charge in [-0.1, -0.05) is 29.8 Å². The first-order valence-corrected chi connectivity index (χ1v) is 13.2. The van der Waals surface area contributed by atoms with Crippen LogP contribution in [-0.2, 0) is 23.1 Å². The number of anilines is 3. The molecule has 6 nitrogen and oxygen atoms in total. The lowest BCUT2D eigenvalue weighted by atomic mass is 9.82. The number of aromatic nitrogens is 2. The molecule has 1 fully saturated rings. The molecule has 0 unspecified atom stereocenters. The van der Waals surface area contributed by atoms with Crippen molar-refractivity contribution in [3.63, 3.8) is 0 Å². The third-order valence-electron chi connectivity index (χ3n) is 7.89. The number of carbonyl (C=O) groups excluding carboxylic acids is 1. The van der Waals surface area contributed by atoms with Crippen molar-refractivity contribution in [1.82, 2.24) is 15.3 Å². The van der Waals surface area contributed by atoms with E-state index in [2.05, 4.69) is 53.0 Å². The maximum atomic E-state index is 12.5. The van der Waals surface area contributed by atoms with Gasteiger partial charge in [0.05, 0.1) is 22.3 Å². The van der Waals surface area contributed by atoms with E-state index in [0.29, 0.717) is 23.3 Å². The molecule has 1 saturated heterocycles. The summed E-state index contributed by atoms with van der Waals surface area (Å²) in [6.45, 7) is 10.5. The van der Waals surface area contributed by atoms with E-state index in [1.165, 1.54) is 29.5 Å². The molecule has 0 radical (unpaired) electrons. The normalized spacial score (nSPS) is 17.1. The van der Waals surface area contributed by atoms with Gasteiger partial charge in [-0.15, -0.1) is 0 Å². The molecule has 36 heavy (non-hydrogen) atoms. The lowest BCUT2D eigenvalue weighted by molar-refractivity contribution is -0.119. The Morgan fingerprint density at radius 3 is 2.64 bits per heavy atom. The van der Waals surface area contributed by atoms with E-state index in [0.717, 1.165) is 47.7 Å². The maximum absolute atomic E-state index is 12.5. The Morgan fingerprint density at radius 1 is 1.08 bits per heavy atom. The predicted octanol–water partition coefficient (Wildman–Crippen LogP) is 5.97. The molecule has 0 aliphatic carbocycles. The van der Waals surface area contributed by atoms with Crippen LogP contribution in [0.4, 0.5) is 17.3 Å². The molecule has 0 bridgehead atoms. The van der Waals surface area contributed by atoms with Crippen LogP contribution >= 0.6 is 11.6 Å². The summed E-state index contributed by atoms with van der Waals surface area (Å²) in [5.41, 5.74) is 8.38. The van der Waals surface area contributed by atoms with Gasteiger partial charge in [0.1, 0.15) is 0 Å². The van der Waals surface area contributed by atoms with E-state index in [4.69, 9.17) is 16.6 Å². The van der Waals surface area contributed by atoms with E-state index >= 15 is 0 Å². The Bertz CT molecular complexity index is 1310. The molecule has 1 aromatic heterocycles. The van der Waals surface area contributed by atoms with Gasteiger partial charge in [0.25, 0.3) is 0 Å². The smallest absolute Gasteiger partial charge is 0.234 e. The van der Waals surface area contributed by atoms with E-state index in [1.54, 1.807) is 6.20 Å². The van der Waals surface area contributed by atoms with Gasteiger partial charge in [0.15, 0.2) is 0 Å². The van der Waals surface area contributed by atoms with E-state index in [1.807, 2.05) is 26.0 Å². The average Bonchev–Trinajstić information content (AvgIpc) is 3.11. The summed E-state index contributed by atoms with van der Waals surface area (Å²) in [6.07, 6.45) is 5.43. The van der Waals surface area contributed by atoms with Crippen LogP contribution in [-0.4, -0.2) is 29.0 Å². The Balaban J connectivity index is 1.34. The molecule has 188 valence electrons. The highest BCUT2D eigenvalue weighted by molar-refractivity contribution is 6.31. The molecule has 2 aromatic carbocycles. The summed E-state index contributed by atoms with van der Waals surface area (Å²) in [5, 5.41) is 10.4. The fraction of sp³-hybridized carbons (Fsp3) is 0.414. The Hall–Kier alpha value is -2.96. The third kappa shape index (κ3) is 4.60. The van der Waals surface area contributed by atoms with Gasteiger partial charge in [0.2, 0.25) is 11.9 Å². The fourth-order valence-corrected chi connectivity index (χ4v) is 5.79. The number of piperidine rings is 1. The van der Waals surface area contributed by atoms with Crippen LogP contribution in [0.1, 0.15) is 66.1 Å². The predicted molar refractivity (Wildman–Crippen MR) is 147 cm³/mol. The van der Waals surface area contributed by atoms with Crippen molar-refractivity contribution >= 4 is 34.8 Å². The minimum absolute atomic E-state index is 0.0355. The Kier molecular flexibility index (Phi) is 6.75. The summed E-state index contributed by atoms with van der Waals surface area (Å²) in [4.78, 5) is 21.7. The maximum Gasteiger partial charge on any atom is 0.234 e. The zero-order valence-corrected chi connectivity index (χ0v) is 22.2. The average molecular weight is 504 g/mol. The lowest BCUT2D eigenvalue weighted by Gasteiger charge is -2.26. The van der Waals surface area contributed by atoms with Crippen molar-refractivity contribution in [1.29, 1.82) is 0 Å². The second kappa shape index (κ2) is 9.83. The summed E-state index contributed by atoms with van der Waals surface area (Å²) < 4.78 is 0. The number of aryl methyl sites for hydroxylation is 2. The Labute approximate surface area is 218 Å². The van der Waals surface area contributed by atoms with E-state index < -0.39 is 5.41 Å². The standard InChI is InChI=1S/C29H34ClN5O/c1-17-18(2)23(11-9-21(17)19-12-14-31-15-13-19)34-28-32-16-22(30)24(35-28)10-8-20-6-5-7-25-26(20)29(3,4)27(36)33-25/h5-7,9,11,16,19,31H,8,10,12-15H2,1-4H3,(H,33,36)(H,32,34,35). The molecule has 2 aliphatic heterocycles. The highest BCUT2D eigenvalue weighted by atomic mass is 35.5. The van der Waals surface area contributed by atoms with Crippen molar-refractivity contribution in [2.24, 2.45) is 0 Å². The second-order valence-corrected chi connectivity index (χ2v) is 10.9. The van der Waals surface area contributed by atoms with Crippen LogP contribution in [0.2, 0.25) is 5.02 Å². The molecule has 0 saturated carbocycles. The molecule has 0 atom stereocenters. The highest BCUT2D eigenvalue weighted by Crippen LogP contribution is 2.40. The number of nitrogens with zero attached hydrogens (tertiary/aromatic N) is 2.